The molecule has 0 aromatic rings. The quantitative estimate of drug-likeness (QED) is 0.477. The maximum Gasteiger partial charge on any atom is 0.136 e. The van der Waals surface area contributed by atoms with Crippen LogP contribution in [0.4, 0.5) is 0 Å². The van der Waals surface area contributed by atoms with E-state index in [0.29, 0.717) is 18.6 Å². The molecule has 0 aromatic carbocycles. The predicted octanol–water partition coefficient (Wildman–Crippen LogP) is 0.104. The van der Waals surface area contributed by atoms with Gasteiger partial charge in [-0.3, -0.25) is 4.79 Å². The number of hydrogen-bond acceptors (Lipinski definition) is 2. The molecule has 0 aliphatic heterocycles. The Morgan fingerprint density at radius 2 is 2.20 bits per heavy atom. The van der Waals surface area contributed by atoms with Gasteiger partial charge in [0, 0.05) is 12.3 Å². The molecule has 0 aromatic heterocycles. The smallest absolute Gasteiger partial charge is 0.136 e. The summed E-state index contributed by atoms with van der Waals surface area (Å²) < 4.78 is 0. The summed E-state index contributed by atoms with van der Waals surface area (Å²) in [5.41, 5.74) is 0. The van der Waals surface area contributed by atoms with Crippen LogP contribution in [0.1, 0.15) is 25.7 Å². The van der Waals surface area contributed by atoms with Crippen LogP contribution in [0.5, 0.6) is 0 Å². The average Bonchev–Trinajstić information content (AvgIpc) is 1.91. The van der Waals surface area contributed by atoms with Crippen LogP contribution >= 0.6 is 0 Å². The number of hydrogen-bond donors (Lipinski definition) is 0. The minimum Gasteiger partial charge on any atom is -0.852 e. The molecule has 2 heteroatoms. The summed E-state index contributed by atoms with van der Waals surface area (Å²) in [6, 6.07) is 0. The van der Waals surface area contributed by atoms with Gasteiger partial charge in [-0.05, 0) is 12.3 Å². The van der Waals surface area contributed by atoms with Crippen LogP contribution in [-0.4, -0.2) is 11.9 Å². The van der Waals surface area contributed by atoms with Gasteiger partial charge >= 0.3 is 0 Å². The molecule has 0 unspecified atom stereocenters. The second-order valence-corrected chi connectivity index (χ2v) is 3.48. The topological polar surface area (TPSA) is 40.1 Å². The maximum absolute atomic E-state index is 11.1. The van der Waals surface area contributed by atoms with E-state index in [4.69, 9.17) is 0 Å². The molecule has 3 saturated carbocycles. The van der Waals surface area contributed by atoms with Crippen molar-refractivity contribution in [2.45, 2.75) is 31.8 Å². The second-order valence-electron chi connectivity index (χ2n) is 3.48. The molecule has 0 saturated heterocycles. The molecule has 3 atom stereocenters. The van der Waals surface area contributed by atoms with Crippen molar-refractivity contribution >= 4 is 5.78 Å². The van der Waals surface area contributed by atoms with Crippen LogP contribution in [0.25, 0.3) is 0 Å². The third-order valence-electron chi connectivity index (χ3n) is 2.85. The zero-order valence-electron chi connectivity index (χ0n) is 5.88. The van der Waals surface area contributed by atoms with Gasteiger partial charge in [0.25, 0.3) is 0 Å². The summed E-state index contributed by atoms with van der Waals surface area (Å²) in [6.07, 6.45) is 2.78. The highest BCUT2D eigenvalue weighted by Gasteiger charge is 2.35. The van der Waals surface area contributed by atoms with E-state index in [9.17, 15) is 9.90 Å². The number of rotatable bonds is 0. The normalized spacial score (nSPS) is 46.1. The van der Waals surface area contributed by atoms with Gasteiger partial charge in [-0.15, -0.1) is 6.10 Å². The predicted molar refractivity (Wildman–Crippen MR) is 34.2 cm³/mol. The van der Waals surface area contributed by atoms with Crippen molar-refractivity contribution in [2.75, 3.05) is 0 Å². The zero-order chi connectivity index (χ0) is 7.14. The minimum atomic E-state index is -0.420. The average molecular weight is 139 g/mol. The molecule has 2 nitrogen and oxygen atoms in total. The van der Waals surface area contributed by atoms with Gasteiger partial charge in [-0.25, -0.2) is 0 Å². The summed E-state index contributed by atoms with van der Waals surface area (Å²) in [7, 11) is 0. The van der Waals surface area contributed by atoms with Gasteiger partial charge in [0.15, 0.2) is 0 Å². The highest BCUT2D eigenvalue weighted by molar-refractivity contribution is 5.82. The third-order valence-corrected chi connectivity index (χ3v) is 2.85. The number of Topliss-reactive ketones (excluding diaryl/α,β-unsaturated/α-hetero) is 1. The van der Waals surface area contributed by atoms with E-state index in [2.05, 4.69) is 0 Å². The van der Waals surface area contributed by atoms with E-state index in [1.807, 2.05) is 0 Å². The van der Waals surface area contributed by atoms with Gasteiger partial charge in [0.2, 0.25) is 0 Å². The van der Waals surface area contributed by atoms with E-state index in [-0.39, 0.29) is 11.8 Å². The van der Waals surface area contributed by atoms with Crippen molar-refractivity contribution in [2.24, 2.45) is 11.8 Å². The highest BCUT2D eigenvalue weighted by Crippen LogP contribution is 2.37. The van der Waals surface area contributed by atoms with Gasteiger partial charge in [0.05, 0.1) is 0 Å². The van der Waals surface area contributed by atoms with Gasteiger partial charge in [-0.1, -0.05) is 12.8 Å². The Balaban J connectivity index is 2.16. The minimum absolute atomic E-state index is 0.146. The molecule has 0 radical (unpaired) electrons. The Morgan fingerprint density at radius 3 is 2.50 bits per heavy atom. The first kappa shape index (κ1) is 6.35. The first-order valence-electron chi connectivity index (χ1n) is 3.96. The van der Waals surface area contributed by atoms with Crippen LogP contribution in [0.15, 0.2) is 0 Å². The second kappa shape index (κ2) is 2.06. The van der Waals surface area contributed by atoms with Crippen molar-refractivity contribution in [1.82, 2.24) is 0 Å². The van der Waals surface area contributed by atoms with E-state index >= 15 is 0 Å². The fourth-order valence-electron chi connectivity index (χ4n) is 2.14. The molecule has 0 amide bonds. The van der Waals surface area contributed by atoms with Crippen LogP contribution < -0.4 is 5.11 Å². The summed E-state index contributed by atoms with van der Waals surface area (Å²) >= 11 is 0. The van der Waals surface area contributed by atoms with Crippen LogP contribution in [-0.2, 0) is 4.79 Å². The molecule has 0 spiro atoms. The van der Waals surface area contributed by atoms with Crippen LogP contribution in [0.2, 0.25) is 0 Å². The molecule has 0 heterocycles. The first-order chi connectivity index (χ1) is 4.77. The number of fused-ring (bicyclic) bond motifs is 3. The molecule has 3 aliphatic carbocycles. The van der Waals surface area contributed by atoms with E-state index in [0.717, 1.165) is 12.8 Å². The van der Waals surface area contributed by atoms with E-state index in [1.165, 1.54) is 0 Å². The van der Waals surface area contributed by atoms with Gasteiger partial charge in [0.1, 0.15) is 5.78 Å². The Hall–Kier alpha value is -0.370. The summed E-state index contributed by atoms with van der Waals surface area (Å²) in [5.74, 6) is 0.688. The first-order valence-corrected chi connectivity index (χ1v) is 3.96. The standard InChI is InChI=1S/C8H11O2/c9-7-4-6-2-1-5(7)3-8(6)10/h5-7H,1-4H2/q-1/t5-,6-,7-/m1/s1. The monoisotopic (exact) mass is 139 g/mol. The molecular formula is C8H11O2-. The van der Waals surface area contributed by atoms with Crippen molar-refractivity contribution in [3.8, 4) is 0 Å². The van der Waals surface area contributed by atoms with Crippen LogP contribution in [0, 0.1) is 11.8 Å². The fraction of sp³-hybridized carbons (Fsp3) is 0.875. The van der Waals surface area contributed by atoms with E-state index in [1.54, 1.807) is 0 Å². The van der Waals surface area contributed by atoms with E-state index < -0.39 is 6.10 Å². The van der Waals surface area contributed by atoms with Crippen molar-refractivity contribution in [3.05, 3.63) is 0 Å². The molecule has 2 bridgehead atoms. The third kappa shape index (κ3) is 0.788. The maximum atomic E-state index is 11.1. The van der Waals surface area contributed by atoms with Gasteiger partial charge < -0.3 is 5.11 Å². The lowest BCUT2D eigenvalue weighted by Crippen LogP contribution is -2.47. The molecule has 10 heavy (non-hydrogen) atoms. The molecule has 56 valence electrons. The lowest BCUT2D eigenvalue weighted by Gasteiger charge is -2.45. The molecule has 3 rings (SSSR count). The fourth-order valence-corrected chi connectivity index (χ4v) is 2.14. The summed E-state index contributed by atoms with van der Waals surface area (Å²) in [6.45, 7) is 0. The van der Waals surface area contributed by atoms with Crippen molar-refractivity contribution < 1.29 is 9.90 Å². The van der Waals surface area contributed by atoms with Crippen molar-refractivity contribution in [1.29, 1.82) is 0 Å². The Kier molecular flexibility index (Phi) is 1.31. The van der Waals surface area contributed by atoms with Crippen molar-refractivity contribution in [3.63, 3.8) is 0 Å². The zero-order valence-corrected chi connectivity index (χ0v) is 5.88. The van der Waals surface area contributed by atoms with Crippen LogP contribution in [0.3, 0.4) is 0 Å². The summed E-state index contributed by atoms with van der Waals surface area (Å²) in [5, 5.41) is 11.1. The SMILES string of the molecule is O=C1C[C@H]2CC[C@@H]1C[C@H]2[O-]. The Labute approximate surface area is 60.2 Å². The van der Waals surface area contributed by atoms with Gasteiger partial charge in [-0.2, -0.15) is 0 Å². The molecular weight excluding hydrogens is 128 g/mol. The Morgan fingerprint density at radius 1 is 1.40 bits per heavy atom. The lowest BCUT2D eigenvalue weighted by molar-refractivity contribution is -0.442. The number of ketones is 1. The largest absolute Gasteiger partial charge is 0.852 e. The molecule has 3 aliphatic rings. The number of carbonyl (C=O) groups is 1. The molecule has 0 N–H and O–H groups in total. The Bertz CT molecular complexity index is 165. The molecule has 3 fully saturated rings. The number of carbonyl (C=O) groups excluding carboxylic acids is 1. The summed E-state index contributed by atoms with van der Waals surface area (Å²) in [4.78, 5) is 11.1. The lowest BCUT2D eigenvalue weighted by atomic mass is 9.68. The highest BCUT2D eigenvalue weighted by atomic mass is 16.3.